The van der Waals surface area contributed by atoms with Crippen LogP contribution in [0.3, 0.4) is 0 Å². The SMILES string of the molecule is CSc1ccc(Cl)c(C(C)N)c1. The molecule has 1 aromatic carbocycles. The standard InChI is InChI=1S/C9H12ClNS/c1-6(11)8-5-7(12-2)3-4-9(8)10/h3-6H,11H2,1-2H3. The van der Waals surface area contributed by atoms with Crippen LogP contribution in [-0.2, 0) is 0 Å². The summed E-state index contributed by atoms with van der Waals surface area (Å²) in [7, 11) is 0. The highest BCUT2D eigenvalue weighted by molar-refractivity contribution is 7.98. The maximum Gasteiger partial charge on any atom is 0.0454 e. The summed E-state index contributed by atoms with van der Waals surface area (Å²) in [5.41, 5.74) is 6.76. The minimum atomic E-state index is 0.00426. The van der Waals surface area contributed by atoms with E-state index in [2.05, 4.69) is 0 Å². The topological polar surface area (TPSA) is 26.0 Å². The van der Waals surface area contributed by atoms with Crippen molar-refractivity contribution in [2.24, 2.45) is 5.73 Å². The highest BCUT2D eigenvalue weighted by Gasteiger charge is 2.05. The van der Waals surface area contributed by atoms with E-state index in [4.69, 9.17) is 17.3 Å². The average Bonchev–Trinajstić information content (AvgIpc) is 2.05. The molecule has 12 heavy (non-hydrogen) atoms. The Morgan fingerprint density at radius 2 is 2.17 bits per heavy atom. The number of hydrogen-bond acceptors (Lipinski definition) is 2. The molecular weight excluding hydrogens is 190 g/mol. The van der Waals surface area contributed by atoms with E-state index < -0.39 is 0 Å². The van der Waals surface area contributed by atoms with E-state index in [1.165, 1.54) is 4.90 Å². The molecule has 2 N–H and O–H groups in total. The molecule has 0 heterocycles. The van der Waals surface area contributed by atoms with Gasteiger partial charge < -0.3 is 5.73 Å². The van der Waals surface area contributed by atoms with Crippen molar-refractivity contribution < 1.29 is 0 Å². The summed E-state index contributed by atoms with van der Waals surface area (Å²) < 4.78 is 0. The zero-order valence-electron chi connectivity index (χ0n) is 7.17. The van der Waals surface area contributed by atoms with Crippen molar-refractivity contribution in [2.75, 3.05) is 6.26 Å². The smallest absolute Gasteiger partial charge is 0.0454 e. The first kappa shape index (κ1) is 9.90. The van der Waals surface area contributed by atoms with Gasteiger partial charge in [-0.25, -0.2) is 0 Å². The molecule has 3 heteroatoms. The lowest BCUT2D eigenvalue weighted by Gasteiger charge is -2.09. The maximum atomic E-state index is 5.96. The minimum absolute atomic E-state index is 0.00426. The number of hydrogen-bond donors (Lipinski definition) is 1. The number of benzene rings is 1. The van der Waals surface area contributed by atoms with Crippen LogP contribution in [0.5, 0.6) is 0 Å². The Kier molecular flexibility index (Phi) is 3.44. The van der Waals surface area contributed by atoms with Gasteiger partial charge in [0.25, 0.3) is 0 Å². The first-order valence-electron chi connectivity index (χ1n) is 3.74. The van der Waals surface area contributed by atoms with Crippen LogP contribution in [0.4, 0.5) is 0 Å². The van der Waals surface area contributed by atoms with Crippen molar-refractivity contribution in [3.63, 3.8) is 0 Å². The summed E-state index contributed by atoms with van der Waals surface area (Å²) in [5.74, 6) is 0. The Balaban J connectivity index is 3.08. The van der Waals surface area contributed by atoms with Crippen LogP contribution in [-0.4, -0.2) is 6.26 Å². The highest BCUT2D eigenvalue weighted by atomic mass is 35.5. The maximum absolute atomic E-state index is 5.96. The Morgan fingerprint density at radius 3 is 2.67 bits per heavy atom. The predicted molar refractivity (Wildman–Crippen MR) is 55.8 cm³/mol. The molecule has 66 valence electrons. The molecule has 0 aromatic heterocycles. The fourth-order valence-electron chi connectivity index (χ4n) is 0.998. The van der Waals surface area contributed by atoms with Crippen molar-refractivity contribution in [3.05, 3.63) is 28.8 Å². The van der Waals surface area contributed by atoms with Crippen molar-refractivity contribution >= 4 is 23.4 Å². The van der Waals surface area contributed by atoms with Gasteiger partial charge in [-0.1, -0.05) is 11.6 Å². The molecule has 0 saturated heterocycles. The molecule has 0 saturated carbocycles. The van der Waals surface area contributed by atoms with E-state index in [0.717, 1.165) is 10.6 Å². The largest absolute Gasteiger partial charge is 0.324 e. The molecular formula is C9H12ClNS. The predicted octanol–water partition coefficient (Wildman–Crippen LogP) is 3.08. The van der Waals surface area contributed by atoms with Crippen LogP contribution in [0, 0.1) is 0 Å². The molecule has 1 rings (SSSR count). The second kappa shape index (κ2) is 4.17. The fourth-order valence-corrected chi connectivity index (χ4v) is 1.74. The molecule has 0 spiro atoms. The molecule has 0 bridgehead atoms. The quantitative estimate of drug-likeness (QED) is 0.745. The van der Waals surface area contributed by atoms with Gasteiger partial charge in [-0.05, 0) is 36.9 Å². The lowest BCUT2D eigenvalue weighted by atomic mass is 10.1. The third kappa shape index (κ3) is 2.16. The third-order valence-electron chi connectivity index (χ3n) is 1.69. The van der Waals surface area contributed by atoms with Crippen LogP contribution in [0.25, 0.3) is 0 Å². The van der Waals surface area contributed by atoms with E-state index in [-0.39, 0.29) is 6.04 Å². The fraction of sp³-hybridized carbons (Fsp3) is 0.333. The normalized spacial score (nSPS) is 13.0. The van der Waals surface area contributed by atoms with Gasteiger partial charge in [-0.2, -0.15) is 0 Å². The summed E-state index contributed by atoms with van der Waals surface area (Å²) >= 11 is 7.65. The molecule has 0 amide bonds. The second-order valence-electron chi connectivity index (χ2n) is 2.68. The first-order chi connectivity index (χ1) is 5.65. The zero-order chi connectivity index (χ0) is 9.14. The molecule has 0 aliphatic rings. The summed E-state index contributed by atoms with van der Waals surface area (Å²) in [6.45, 7) is 1.94. The van der Waals surface area contributed by atoms with Crippen LogP contribution < -0.4 is 5.73 Å². The number of thioether (sulfide) groups is 1. The van der Waals surface area contributed by atoms with Crippen molar-refractivity contribution in [2.45, 2.75) is 17.9 Å². The van der Waals surface area contributed by atoms with E-state index in [1.54, 1.807) is 11.8 Å². The Bertz CT molecular complexity index is 273. The van der Waals surface area contributed by atoms with Crippen LogP contribution in [0.2, 0.25) is 5.02 Å². The summed E-state index contributed by atoms with van der Waals surface area (Å²) in [5, 5.41) is 0.753. The average molecular weight is 202 g/mol. The molecule has 1 aromatic rings. The van der Waals surface area contributed by atoms with E-state index in [0.29, 0.717) is 0 Å². The van der Waals surface area contributed by atoms with Gasteiger partial charge in [0.05, 0.1) is 0 Å². The lowest BCUT2D eigenvalue weighted by molar-refractivity contribution is 0.815. The van der Waals surface area contributed by atoms with Crippen molar-refractivity contribution in [3.8, 4) is 0 Å². The number of nitrogens with two attached hydrogens (primary N) is 1. The highest BCUT2D eigenvalue weighted by Crippen LogP contribution is 2.26. The Labute approximate surface area is 82.3 Å². The van der Waals surface area contributed by atoms with Gasteiger partial charge in [0.2, 0.25) is 0 Å². The van der Waals surface area contributed by atoms with Crippen LogP contribution >= 0.6 is 23.4 Å². The zero-order valence-corrected chi connectivity index (χ0v) is 8.75. The van der Waals surface area contributed by atoms with Gasteiger partial charge in [0.15, 0.2) is 0 Å². The summed E-state index contributed by atoms with van der Waals surface area (Å²) in [6, 6.07) is 5.94. The van der Waals surface area contributed by atoms with E-state index in [1.807, 2.05) is 31.4 Å². The second-order valence-corrected chi connectivity index (χ2v) is 3.96. The van der Waals surface area contributed by atoms with E-state index in [9.17, 15) is 0 Å². The van der Waals surface area contributed by atoms with Gasteiger partial charge >= 0.3 is 0 Å². The third-order valence-corrected chi connectivity index (χ3v) is 2.76. The lowest BCUT2D eigenvalue weighted by Crippen LogP contribution is -2.05. The molecule has 0 aliphatic carbocycles. The Hall–Kier alpha value is -0.180. The van der Waals surface area contributed by atoms with Crippen molar-refractivity contribution in [1.29, 1.82) is 0 Å². The van der Waals surface area contributed by atoms with Crippen LogP contribution in [0.15, 0.2) is 23.1 Å². The van der Waals surface area contributed by atoms with Gasteiger partial charge in [0, 0.05) is 16.0 Å². The molecule has 1 unspecified atom stereocenters. The molecule has 1 nitrogen and oxygen atoms in total. The summed E-state index contributed by atoms with van der Waals surface area (Å²) in [4.78, 5) is 1.20. The van der Waals surface area contributed by atoms with Gasteiger partial charge in [-0.15, -0.1) is 11.8 Å². The van der Waals surface area contributed by atoms with Gasteiger partial charge in [0.1, 0.15) is 0 Å². The van der Waals surface area contributed by atoms with E-state index >= 15 is 0 Å². The molecule has 0 fully saturated rings. The molecule has 0 radical (unpaired) electrons. The number of rotatable bonds is 2. The monoisotopic (exact) mass is 201 g/mol. The Morgan fingerprint density at radius 1 is 1.50 bits per heavy atom. The minimum Gasteiger partial charge on any atom is -0.324 e. The number of halogens is 1. The van der Waals surface area contributed by atoms with Gasteiger partial charge in [-0.3, -0.25) is 0 Å². The molecule has 0 aliphatic heterocycles. The first-order valence-corrected chi connectivity index (χ1v) is 5.34. The molecule has 1 atom stereocenters. The van der Waals surface area contributed by atoms with Crippen LogP contribution in [0.1, 0.15) is 18.5 Å². The summed E-state index contributed by atoms with van der Waals surface area (Å²) in [6.07, 6.45) is 2.04. The van der Waals surface area contributed by atoms with Crippen molar-refractivity contribution in [1.82, 2.24) is 0 Å².